The summed E-state index contributed by atoms with van der Waals surface area (Å²) in [6.45, 7) is 0. The standard InChI is InChI=1S/C24H23N3O3/c28-22(25-19-10-4-1-5-11-19)16-18(24(30)27-21-14-8-3-9-15-21)17-23(29)26-20-12-6-2-7-13-20/h1-15,18H,16-17H2,(H,25,28)(H,26,29)(H,27,30). The van der Waals surface area contributed by atoms with Crippen LogP contribution in [0.5, 0.6) is 0 Å². The fourth-order valence-corrected chi connectivity index (χ4v) is 2.94. The Morgan fingerprint density at radius 1 is 0.533 bits per heavy atom. The highest BCUT2D eigenvalue weighted by Gasteiger charge is 2.25. The highest BCUT2D eigenvalue weighted by molar-refractivity contribution is 6.01. The van der Waals surface area contributed by atoms with E-state index in [9.17, 15) is 14.4 Å². The fourth-order valence-electron chi connectivity index (χ4n) is 2.94. The van der Waals surface area contributed by atoms with Crippen LogP contribution in [0.25, 0.3) is 0 Å². The predicted molar refractivity (Wildman–Crippen MR) is 118 cm³/mol. The van der Waals surface area contributed by atoms with Crippen LogP contribution in [0.15, 0.2) is 91.0 Å². The van der Waals surface area contributed by atoms with Gasteiger partial charge in [0.05, 0.1) is 5.92 Å². The molecule has 0 aromatic heterocycles. The average Bonchev–Trinajstić information content (AvgIpc) is 2.75. The van der Waals surface area contributed by atoms with Crippen LogP contribution in [0.3, 0.4) is 0 Å². The van der Waals surface area contributed by atoms with Gasteiger partial charge in [-0.2, -0.15) is 0 Å². The predicted octanol–water partition coefficient (Wildman–Crippen LogP) is 4.30. The Bertz CT molecular complexity index is 921. The first-order chi connectivity index (χ1) is 14.6. The summed E-state index contributed by atoms with van der Waals surface area (Å²) in [5.74, 6) is -1.87. The molecule has 3 aromatic rings. The highest BCUT2D eigenvalue weighted by atomic mass is 16.2. The van der Waals surface area contributed by atoms with Crippen LogP contribution in [0.2, 0.25) is 0 Å². The second kappa shape index (κ2) is 10.6. The van der Waals surface area contributed by atoms with Gasteiger partial charge in [0.2, 0.25) is 17.7 Å². The Morgan fingerprint density at radius 3 is 1.23 bits per heavy atom. The van der Waals surface area contributed by atoms with Crippen molar-refractivity contribution in [2.75, 3.05) is 16.0 Å². The van der Waals surface area contributed by atoms with Crippen LogP contribution >= 0.6 is 0 Å². The Balaban J connectivity index is 1.67. The molecule has 152 valence electrons. The second-order valence-corrected chi connectivity index (χ2v) is 6.79. The molecule has 6 nitrogen and oxygen atoms in total. The van der Waals surface area contributed by atoms with Gasteiger partial charge in [-0.05, 0) is 36.4 Å². The third-order valence-corrected chi connectivity index (χ3v) is 4.39. The number of rotatable bonds is 8. The van der Waals surface area contributed by atoms with Crippen molar-refractivity contribution in [3.05, 3.63) is 91.0 Å². The average molecular weight is 401 g/mol. The first-order valence-corrected chi connectivity index (χ1v) is 9.66. The molecule has 3 rings (SSSR count). The molecule has 3 N–H and O–H groups in total. The molecule has 0 aliphatic heterocycles. The minimum absolute atomic E-state index is 0.115. The third kappa shape index (κ3) is 6.60. The number of hydrogen-bond donors (Lipinski definition) is 3. The summed E-state index contributed by atoms with van der Waals surface area (Å²) in [6, 6.07) is 26.9. The molecule has 0 radical (unpaired) electrons. The molecule has 3 amide bonds. The van der Waals surface area contributed by atoms with E-state index in [-0.39, 0.29) is 30.6 Å². The Hall–Kier alpha value is -3.93. The van der Waals surface area contributed by atoms with Crippen molar-refractivity contribution >= 4 is 34.8 Å². The first-order valence-electron chi connectivity index (χ1n) is 9.66. The van der Waals surface area contributed by atoms with Crippen molar-refractivity contribution in [3.63, 3.8) is 0 Å². The first kappa shape index (κ1) is 20.8. The number of anilines is 3. The van der Waals surface area contributed by atoms with Crippen LogP contribution in [0, 0.1) is 5.92 Å². The van der Waals surface area contributed by atoms with Gasteiger partial charge in [-0.25, -0.2) is 0 Å². The van der Waals surface area contributed by atoms with E-state index in [1.54, 1.807) is 48.5 Å². The van der Waals surface area contributed by atoms with E-state index in [1.807, 2.05) is 42.5 Å². The van der Waals surface area contributed by atoms with E-state index >= 15 is 0 Å². The molecule has 0 saturated carbocycles. The molecule has 30 heavy (non-hydrogen) atoms. The quantitative estimate of drug-likeness (QED) is 0.526. The highest BCUT2D eigenvalue weighted by Crippen LogP contribution is 2.17. The number of benzene rings is 3. The number of para-hydroxylation sites is 3. The fraction of sp³-hybridized carbons (Fsp3) is 0.125. The Morgan fingerprint density at radius 2 is 0.867 bits per heavy atom. The van der Waals surface area contributed by atoms with Crippen LogP contribution in [0.4, 0.5) is 17.1 Å². The summed E-state index contributed by atoms with van der Waals surface area (Å²) >= 11 is 0. The molecule has 0 atom stereocenters. The molecule has 0 saturated heterocycles. The molecule has 0 aliphatic rings. The maximum absolute atomic E-state index is 12.8. The van der Waals surface area contributed by atoms with E-state index in [2.05, 4.69) is 16.0 Å². The summed E-state index contributed by atoms with van der Waals surface area (Å²) in [4.78, 5) is 37.8. The molecule has 0 fully saturated rings. The third-order valence-electron chi connectivity index (χ3n) is 4.39. The number of nitrogens with one attached hydrogen (secondary N) is 3. The van der Waals surface area contributed by atoms with E-state index in [0.717, 1.165) is 0 Å². The van der Waals surface area contributed by atoms with Crippen molar-refractivity contribution in [1.29, 1.82) is 0 Å². The number of hydrogen-bond acceptors (Lipinski definition) is 3. The minimum Gasteiger partial charge on any atom is -0.326 e. The van der Waals surface area contributed by atoms with Gasteiger partial charge in [0.1, 0.15) is 0 Å². The lowest BCUT2D eigenvalue weighted by Crippen LogP contribution is -2.31. The summed E-state index contributed by atoms with van der Waals surface area (Å²) < 4.78 is 0. The van der Waals surface area contributed by atoms with Gasteiger partial charge in [0.15, 0.2) is 0 Å². The number of carbonyl (C=O) groups excluding carboxylic acids is 3. The van der Waals surface area contributed by atoms with Crippen molar-refractivity contribution in [3.8, 4) is 0 Å². The number of carbonyl (C=O) groups is 3. The molecule has 6 heteroatoms. The topological polar surface area (TPSA) is 87.3 Å². The van der Waals surface area contributed by atoms with Crippen LogP contribution in [0.1, 0.15) is 12.8 Å². The SMILES string of the molecule is O=C(CC(CC(=O)Nc1ccccc1)C(=O)Nc1ccccc1)Nc1ccccc1. The van der Waals surface area contributed by atoms with Crippen LogP contribution < -0.4 is 16.0 Å². The lowest BCUT2D eigenvalue weighted by molar-refractivity contribution is -0.127. The molecule has 3 aromatic carbocycles. The van der Waals surface area contributed by atoms with Crippen molar-refractivity contribution in [2.24, 2.45) is 5.92 Å². The number of amides is 3. The van der Waals surface area contributed by atoms with Gasteiger partial charge in [-0.15, -0.1) is 0 Å². The van der Waals surface area contributed by atoms with Crippen LogP contribution in [-0.2, 0) is 14.4 Å². The monoisotopic (exact) mass is 401 g/mol. The van der Waals surface area contributed by atoms with E-state index in [0.29, 0.717) is 17.1 Å². The molecular weight excluding hydrogens is 378 g/mol. The minimum atomic E-state index is -0.822. The lowest BCUT2D eigenvalue weighted by Gasteiger charge is -2.17. The van der Waals surface area contributed by atoms with E-state index < -0.39 is 5.92 Å². The van der Waals surface area contributed by atoms with Gasteiger partial charge in [-0.3, -0.25) is 14.4 Å². The van der Waals surface area contributed by atoms with Gasteiger partial charge >= 0.3 is 0 Å². The largest absolute Gasteiger partial charge is 0.326 e. The summed E-state index contributed by atoms with van der Waals surface area (Å²) in [5, 5.41) is 8.31. The van der Waals surface area contributed by atoms with Gasteiger partial charge in [0.25, 0.3) is 0 Å². The Kier molecular flexibility index (Phi) is 7.33. The van der Waals surface area contributed by atoms with Crippen molar-refractivity contribution < 1.29 is 14.4 Å². The summed E-state index contributed by atoms with van der Waals surface area (Å²) in [7, 11) is 0. The van der Waals surface area contributed by atoms with Crippen molar-refractivity contribution in [1.82, 2.24) is 0 Å². The zero-order valence-corrected chi connectivity index (χ0v) is 16.4. The zero-order chi connectivity index (χ0) is 21.2. The normalized spacial score (nSPS) is 10.3. The van der Waals surface area contributed by atoms with Gasteiger partial charge < -0.3 is 16.0 Å². The molecule has 0 unspecified atom stereocenters. The molecule has 0 aliphatic carbocycles. The summed E-state index contributed by atoms with van der Waals surface area (Å²) in [5.41, 5.74) is 1.89. The van der Waals surface area contributed by atoms with Gasteiger partial charge in [-0.1, -0.05) is 54.6 Å². The smallest absolute Gasteiger partial charge is 0.228 e. The van der Waals surface area contributed by atoms with E-state index in [4.69, 9.17) is 0 Å². The molecule has 0 bridgehead atoms. The lowest BCUT2D eigenvalue weighted by atomic mass is 9.98. The van der Waals surface area contributed by atoms with Crippen LogP contribution in [-0.4, -0.2) is 17.7 Å². The molecule has 0 heterocycles. The Labute approximate surface area is 175 Å². The van der Waals surface area contributed by atoms with Gasteiger partial charge in [0, 0.05) is 29.9 Å². The maximum Gasteiger partial charge on any atom is 0.228 e. The molecular formula is C24H23N3O3. The molecule has 0 spiro atoms. The maximum atomic E-state index is 12.8. The zero-order valence-electron chi connectivity index (χ0n) is 16.4. The van der Waals surface area contributed by atoms with Crippen molar-refractivity contribution in [2.45, 2.75) is 12.8 Å². The second-order valence-electron chi connectivity index (χ2n) is 6.79. The summed E-state index contributed by atoms with van der Waals surface area (Å²) in [6.07, 6.45) is -0.231. The van der Waals surface area contributed by atoms with E-state index in [1.165, 1.54) is 0 Å².